The number of amides is 1. The zero-order chi connectivity index (χ0) is 16.1. The number of aromatic amines is 1. The number of benzene rings is 1. The molecule has 0 saturated carbocycles. The van der Waals surface area contributed by atoms with Gasteiger partial charge in [-0.3, -0.25) is 9.89 Å². The molecule has 3 rings (SSSR count). The van der Waals surface area contributed by atoms with Gasteiger partial charge in [0.25, 0.3) is 5.91 Å². The molecule has 0 aliphatic rings. The second-order valence-corrected chi connectivity index (χ2v) is 5.08. The molecule has 2 aromatic heterocycles. The standard InChI is InChI=1S/C17H18N4O2/c1-23-14-6-4-5-13(11-14)15-12-16(20-19-15)17(22)18-7-10-21-8-2-3-9-21/h2-6,8-9,11-12H,7,10H2,1H3,(H,18,22)(H,19,20). The van der Waals surface area contributed by atoms with Crippen LogP contribution in [0.4, 0.5) is 0 Å². The number of hydrogen-bond donors (Lipinski definition) is 2. The summed E-state index contributed by atoms with van der Waals surface area (Å²) in [4.78, 5) is 12.1. The number of carbonyl (C=O) groups excluding carboxylic acids is 1. The van der Waals surface area contributed by atoms with E-state index in [-0.39, 0.29) is 5.91 Å². The molecule has 0 aliphatic carbocycles. The van der Waals surface area contributed by atoms with E-state index in [1.165, 1.54) is 0 Å². The highest BCUT2D eigenvalue weighted by atomic mass is 16.5. The summed E-state index contributed by atoms with van der Waals surface area (Å²) in [6.45, 7) is 1.29. The fourth-order valence-corrected chi connectivity index (χ4v) is 2.28. The van der Waals surface area contributed by atoms with Crippen LogP contribution >= 0.6 is 0 Å². The van der Waals surface area contributed by atoms with E-state index in [1.807, 2.05) is 53.4 Å². The Bertz CT molecular complexity index is 778. The fraction of sp³-hybridized carbons (Fsp3) is 0.176. The van der Waals surface area contributed by atoms with Crippen LogP contribution in [0.5, 0.6) is 5.75 Å². The molecule has 0 aliphatic heterocycles. The number of methoxy groups -OCH3 is 1. The van der Waals surface area contributed by atoms with E-state index in [9.17, 15) is 4.79 Å². The van der Waals surface area contributed by atoms with Crippen LogP contribution in [0.3, 0.4) is 0 Å². The molecule has 6 nitrogen and oxygen atoms in total. The molecule has 2 N–H and O–H groups in total. The van der Waals surface area contributed by atoms with Gasteiger partial charge in [-0.25, -0.2) is 0 Å². The predicted octanol–water partition coefficient (Wildman–Crippen LogP) is 2.32. The molecule has 0 unspecified atom stereocenters. The minimum atomic E-state index is -0.168. The third-order valence-corrected chi connectivity index (χ3v) is 3.51. The van der Waals surface area contributed by atoms with Crippen molar-refractivity contribution in [1.29, 1.82) is 0 Å². The fourth-order valence-electron chi connectivity index (χ4n) is 2.28. The maximum Gasteiger partial charge on any atom is 0.269 e. The summed E-state index contributed by atoms with van der Waals surface area (Å²) in [5.41, 5.74) is 2.04. The number of nitrogens with zero attached hydrogens (tertiary/aromatic N) is 2. The number of rotatable bonds is 6. The summed E-state index contributed by atoms with van der Waals surface area (Å²) in [5, 5.41) is 9.84. The van der Waals surface area contributed by atoms with Gasteiger partial charge in [0.05, 0.1) is 12.8 Å². The van der Waals surface area contributed by atoms with Gasteiger partial charge in [-0.05, 0) is 30.3 Å². The highest BCUT2D eigenvalue weighted by molar-refractivity contribution is 5.93. The van der Waals surface area contributed by atoms with Crippen LogP contribution in [-0.4, -0.2) is 34.3 Å². The molecule has 6 heteroatoms. The zero-order valence-corrected chi connectivity index (χ0v) is 12.8. The molecule has 1 aromatic carbocycles. The molecular weight excluding hydrogens is 292 g/mol. The maximum absolute atomic E-state index is 12.1. The topological polar surface area (TPSA) is 71.9 Å². The van der Waals surface area contributed by atoms with Gasteiger partial charge in [-0.1, -0.05) is 12.1 Å². The summed E-state index contributed by atoms with van der Waals surface area (Å²) in [6.07, 6.45) is 3.92. The monoisotopic (exact) mass is 310 g/mol. The molecule has 2 heterocycles. The van der Waals surface area contributed by atoms with E-state index in [1.54, 1.807) is 13.2 Å². The number of ether oxygens (including phenoxy) is 1. The first-order valence-electron chi connectivity index (χ1n) is 7.35. The molecule has 118 valence electrons. The predicted molar refractivity (Wildman–Crippen MR) is 87.3 cm³/mol. The van der Waals surface area contributed by atoms with Gasteiger partial charge in [-0.2, -0.15) is 5.10 Å². The summed E-state index contributed by atoms with van der Waals surface area (Å²) in [7, 11) is 1.62. The average Bonchev–Trinajstić information content (AvgIpc) is 3.26. The molecule has 0 radical (unpaired) electrons. The summed E-state index contributed by atoms with van der Waals surface area (Å²) in [6, 6.07) is 13.2. The van der Waals surface area contributed by atoms with E-state index in [0.29, 0.717) is 17.9 Å². The molecule has 0 bridgehead atoms. The Balaban J connectivity index is 1.62. The van der Waals surface area contributed by atoms with Crippen LogP contribution in [0.15, 0.2) is 54.9 Å². The lowest BCUT2D eigenvalue weighted by Crippen LogP contribution is -2.27. The summed E-state index contributed by atoms with van der Waals surface area (Å²) in [5.74, 6) is 0.585. The van der Waals surface area contributed by atoms with Crippen molar-refractivity contribution in [3.8, 4) is 17.0 Å². The Morgan fingerprint density at radius 1 is 1.26 bits per heavy atom. The number of nitrogens with one attached hydrogen (secondary N) is 2. The SMILES string of the molecule is COc1cccc(-c2cc(C(=O)NCCn3cccc3)[nH]n2)c1. The van der Waals surface area contributed by atoms with E-state index >= 15 is 0 Å². The molecular formula is C17H18N4O2. The van der Waals surface area contributed by atoms with Crippen LogP contribution in [0, 0.1) is 0 Å². The molecule has 0 atom stereocenters. The smallest absolute Gasteiger partial charge is 0.269 e. The first-order chi connectivity index (χ1) is 11.3. The number of H-pyrrole nitrogens is 1. The molecule has 3 aromatic rings. The number of aromatic nitrogens is 3. The molecule has 0 spiro atoms. The van der Waals surface area contributed by atoms with Crippen molar-refractivity contribution in [1.82, 2.24) is 20.1 Å². The van der Waals surface area contributed by atoms with E-state index in [0.717, 1.165) is 17.9 Å². The second kappa shape index (κ2) is 6.83. The third kappa shape index (κ3) is 3.60. The van der Waals surface area contributed by atoms with Crippen molar-refractivity contribution in [3.63, 3.8) is 0 Å². The third-order valence-electron chi connectivity index (χ3n) is 3.51. The van der Waals surface area contributed by atoms with Crippen molar-refractivity contribution >= 4 is 5.91 Å². The zero-order valence-electron chi connectivity index (χ0n) is 12.8. The Morgan fingerprint density at radius 3 is 2.87 bits per heavy atom. The first-order valence-corrected chi connectivity index (χ1v) is 7.35. The Labute approximate surface area is 134 Å². The lowest BCUT2D eigenvalue weighted by atomic mass is 10.1. The van der Waals surface area contributed by atoms with Gasteiger partial charge in [0, 0.05) is 31.0 Å². The maximum atomic E-state index is 12.1. The van der Waals surface area contributed by atoms with E-state index in [4.69, 9.17) is 4.74 Å². The minimum Gasteiger partial charge on any atom is -0.497 e. The van der Waals surface area contributed by atoms with Crippen molar-refractivity contribution < 1.29 is 9.53 Å². The van der Waals surface area contributed by atoms with Crippen molar-refractivity contribution in [3.05, 3.63) is 60.6 Å². The molecule has 0 saturated heterocycles. The second-order valence-electron chi connectivity index (χ2n) is 5.08. The van der Waals surface area contributed by atoms with Crippen molar-refractivity contribution in [2.24, 2.45) is 0 Å². The molecule has 23 heavy (non-hydrogen) atoms. The lowest BCUT2D eigenvalue weighted by molar-refractivity contribution is 0.0947. The van der Waals surface area contributed by atoms with E-state index < -0.39 is 0 Å². The van der Waals surface area contributed by atoms with Gasteiger partial charge in [0.1, 0.15) is 11.4 Å². The first kappa shape index (κ1) is 14.9. The summed E-state index contributed by atoms with van der Waals surface area (Å²) >= 11 is 0. The minimum absolute atomic E-state index is 0.168. The number of carbonyl (C=O) groups is 1. The Morgan fingerprint density at radius 2 is 2.09 bits per heavy atom. The Hall–Kier alpha value is -3.02. The van der Waals surface area contributed by atoms with Gasteiger partial charge >= 0.3 is 0 Å². The van der Waals surface area contributed by atoms with Gasteiger partial charge in [0.15, 0.2) is 0 Å². The van der Waals surface area contributed by atoms with E-state index in [2.05, 4.69) is 15.5 Å². The van der Waals surface area contributed by atoms with Crippen LogP contribution in [-0.2, 0) is 6.54 Å². The van der Waals surface area contributed by atoms with Gasteiger partial charge < -0.3 is 14.6 Å². The van der Waals surface area contributed by atoms with Gasteiger partial charge in [0.2, 0.25) is 0 Å². The largest absolute Gasteiger partial charge is 0.497 e. The number of hydrogen-bond acceptors (Lipinski definition) is 3. The average molecular weight is 310 g/mol. The van der Waals surface area contributed by atoms with Gasteiger partial charge in [-0.15, -0.1) is 0 Å². The highest BCUT2D eigenvalue weighted by Crippen LogP contribution is 2.22. The van der Waals surface area contributed by atoms with Crippen LogP contribution in [0.2, 0.25) is 0 Å². The lowest BCUT2D eigenvalue weighted by Gasteiger charge is -2.04. The van der Waals surface area contributed by atoms with Crippen molar-refractivity contribution in [2.45, 2.75) is 6.54 Å². The molecule has 1 amide bonds. The normalized spacial score (nSPS) is 10.5. The van der Waals surface area contributed by atoms with Crippen LogP contribution in [0.1, 0.15) is 10.5 Å². The highest BCUT2D eigenvalue weighted by Gasteiger charge is 2.11. The summed E-state index contributed by atoms with van der Waals surface area (Å²) < 4.78 is 7.21. The van der Waals surface area contributed by atoms with Crippen molar-refractivity contribution in [2.75, 3.05) is 13.7 Å². The quantitative estimate of drug-likeness (QED) is 0.734. The van der Waals surface area contributed by atoms with Crippen LogP contribution < -0.4 is 10.1 Å². The molecule has 0 fully saturated rings. The Kier molecular flexibility index (Phi) is 4.42. The van der Waals surface area contributed by atoms with Crippen LogP contribution in [0.25, 0.3) is 11.3 Å².